The maximum Gasteiger partial charge on any atom is 0.307 e. The van der Waals surface area contributed by atoms with Gasteiger partial charge < -0.3 is 4.42 Å². The van der Waals surface area contributed by atoms with Crippen LogP contribution in [0.3, 0.4) is 0 Å². The maximum atomic E-state index is 12.6. The summed E-state index contributed by atoms with van der Waals surface area (Å²) in [7, 11) is 0. The molecule has 2 amide bonds. The molecule has 1 atom stereocenters. The van der Waals surface area contributed by atoms with Gasteiger partial charge in [0, 0.05) is 16.1 Å². The number of nitrogens with one attached hydrogen (secondary N) is 1. The number of fused-ring (bicyclic) bond motifs is 1. The first kappa shape index (κ1) is 18.1. The third-order valence-electron chi connectivity index (χ3n) is 4.28. The molecule has 7 nitrogen and oxygen atoms in total. The quantitative estimate of drug-likeness (QED) is 0.493. The van der Waals surface area contributed by atoms with E-state index in [4.69, 9.17) is 4.42 Å². The van der Waals surface area contributed by atoms with Crippen molar-refractivity contribution in [3.8, 4) is 0 Å². The van der Waals surface area contributed by atoms with E-state index in [9.17, 15) is 9.59 Å². The van der Waals surface area contributed by atoms with Gasteiger partial charge >= 0.3 is 5.91 Å². The Labute approximate surface area is 168 Å². The normalized spacial score (nSPS) is 16.8. The summed E-state index contributed by atoms with van der Waals surface area (Å²) >= 11 is 3.38. The standard InChI is InChI=1S/C20H15BrN4O3/c1-12-16(20(27)25(24-12)15-5-3-2-4-6-15)11-22-23-19(26)18-10-13-9-14(21)7-8-17(13)28-18/h2-11,16H,1H3,(H,23,26)/b22-11+. The number of amides is 2. The van der Waals surface area contributed by atoms with E-state index in [1.807, 2.05) is 30.3 Å². The van der Waals surface area contributed by atoms with Crippen LogP contribution in [0.25, 0.3) is 11.0 Å². The number of nitrogens with zero attached hydrogens (tertiary/aromatic N) is 3. The molecule has 0 fully saturated rings. The van der Waals surface area contributed by atoms with Crippen LogP contribution in [0.15, 0.2) is 73.7 Å². The lowest BCUT2D eigenvalue weighted by atomic mass is 10.1. The number of carbonyl (C=O) groups excluding carboxylic acids is 2. The molecule has 3 aromatic rings. The fourth-order valence-corrected chi connectivity index (χ4v) is 3.24. The Hall–Kier alpha value is -3.26. The molecule has 1 N–H and O–H groups in total. The predicted octanol–water partition coefficient (Wildman–Crippen LogP) is 3.95. The van der Waals surface area contributed by atoms with Crippen LogP contribution in [0.5, 0.6) is 0 Å². The summed E-state index contributed by atoms with van der Waals surface area (Å²) in [6.45, 7) is 1.75. The summed E-state index contributed by atoms with van der Waals surface area (Å²) in [4.78, 5) is 24.9. The summed E-state index contributed by atoms with van der Waals surface area (Å²) in [6.07, 6.45) is 1.38. The number of hydrogen-bond acceptors (Lipinski definition) is 5. The molecule has 1 unspecified atom stereocenters. The van der Waals surface area contributed by atoms with Crippen molar-refractivity contribution >= 4 is 56.3 Å². The zero-order chi connectivity index (χ0) is 19.7. The Bertz CT molecular complexity index is 1120. The minimum absolute atomic E-state index is 0.138. The van der Waals surface area contributed by atoms with Gasteiger partial charge in [-0.25, -0.2) is 5.43 Å². The Morgan fingerprint density at radius 1 is 1.25 bits per heavy atom. The van der Waals surface area contributed by atoms with Gasteiger partial charge in [-0.1, -0.05) is 34.1 Å². The van der Waals surface area contributed by atoms with Crippen molar-refractivity contribution in [3.05, 3.63) is 64.8 Å². The SMILES string of the molecule is CC1=NN(c2ccccc2)C(=O)C1/C=N/NC(=O)c1cc2cc(Br)ccc2o1. The Morgan fingerprint density at radius 2 is 2.04 bits per heavy atom. The summed E-state index contributed by atoms with van der Waals surface area (Å²) in [5.41, 5.74) is 4.28. The number of carbonyl (C=O) groups is 2. The topological polar surface area (TPSA) is 87.3 Å². The van der Waals surface area contributed by atoms with Crippen LogP contribution in [0.4, 0.5) is 5.69 Å². The van der Waals surface area contributed by atoms with Crippen molar-refractivity contribution in [1.82, 2.24) is 5.43 Å². The summed E-state index contributed by atoms with van der Waals surface area (Å²) in [5.74, 6) is -1.22. The van der Waals surface area contributed by atoms with Gasteiger partial charge in [-0.15, -0.1) is 0 Å². The number of hydrazone groups is 2. The molecule has 0 saturated carbocycles. The van der Waals surface area contributed by atoms with E-state index in [-0.39, 0.29) is 11.7 Å². The van der Waals surface area contributed by atoms with E-state index in [0.717, 1.165) is 9.86 Å². The second kappa shape index (κ2) is 7.40. The van der Waals surface area contributed by atoms with E-state index in [2.05, 4.69) is 31.6 Å². The first-order chi connectivity index (χ1) is 13.5. The summed E-state index contributed by atoms with van der Waals surface area (Å²) < 4.78 is 6.41. The average Bonchev–Trinajstić information content (AvgIpc) is 3.24. The molecule has 0 saturated heterocycles. The second-order valence-corrected chi connectivity index (χ2v) is 7.13. The van der Waals surface area contributed by atoms with Crippen molar-refractivity contribution in [3.63, 3.8) is 0 Å². The van der Waals surface area contributed by atoms with E-state index >= 15 is 0 Å². The van der Waals surface area contributed by atoms with Gasteiger partial charge in [0.05, 0.1) is 11.4 Å². The van der Waals surface area contributed by atoms with Crippen molar-refractivity contribution in [2.45, 2.75) is 6.92 Å². The number of para-hydroxylation sites is 1. The van der Waals surface area contributed by atoms with Crippen LogP contribution in [-0.4, -0.2) is 23.7 Å². The third-order valence-corrected chi connectivity index (χ3v) is 4.77. The zero-order valence-corrected chi connectivity index (χ0v) is 16.4. The van der Waals surface area contributed by atoms with E-state index in [0.29, 0.717) is 17.0 Å². The highest BCUT2D eigenvalue weighted by Crippen LogP contribution is 2.24. The number of hydrogen-bond donors (Lipinski definition) is 1. The average molecular weight is 439 g/mol. The van der Waals surface area contributed by atoms with Crippen molar-refractivity contribution in [2.24, 2.45) is 16.1 Å². The lowest BCUT2D eigenvalue weighted by Gasteiger charge is -2.12. The van der Waals surface area contributed by atoms with Crippen LogP contribution in [-0.2, 0) is 4.79 Å². The highest BCUT2D eigenvalue weighted by atomic mass is 79.9. The van der Waals surface area contributed by atoms with Gasteiger partial charge in [0.1, 0.15) is 11.5 Å². The number of anilines is 1. The highest BCUT2D eigenvalue weighted by Gasteiger charge is 2.33. The van der Waals surface area contributed by atoms with Gasteiger partial charge in [-0.3, -0.25) is 9.59 Å². The van der Waals surface area contributed by atoms with Gasteiger partial charge in [0.25, 0.3) is 5.91 Å². The van der Waals surface area contributed by atoms with Crippen LogP contribution in [0.1, 0.15) is 17.5 Å². The predicted molar refractivity (Wildman–Crippen MR) is 110 cm³/mol. The largest absolute Gasteiger partial charge is 0.451 e. The number of halogens is 1. The minimum atomic E-state index is -0.632. The molecule has 2 aromatic carbocycles. The van der Waals surface area contributed by atoms with Crippen LogP contribution >= 0.6 is 15.9 Å². The van der Waals surface area contributed by atoms with Crippen molar-refractivity contribution < 1.29 is 14.0 Å². The summed E-state index contributed by atoms with van der Waals surface area (Å²) in [5, 5.41) is 10.4. The molecule has 1 aliphatic rings. The Kier molecular flexibility index (Phi) is 4.79. The van der Waals surface area contributed by atoms with Crippen molar-refractivity contribution in [1.29, 1.82) is 0 Å². The molecule has 140 valence electrons. The minimum Gasteiger partial charge on any atom is -0.451 e. The van der Waals surface area contributed by atoms with Crippen LogP contribution < -0.4 is 10.4 Å². The molecule has 0 radical (unpaired) electrons. The molecular weight excluding hydrogens is 424 g/mol. The lowest BCUT2D eigenvalue weighted by Crippen LogP contribution is -2.29. The molecule has 2 heterocycles. The molecule has 28 heavy (non-hydrogen) atoms. The van der Waals surface area contributed by atoms with Crippen LogP contribution in [0.2, 0.25) is 0 Å². The number of rotatable bonds is 4. The lowest BCUT2D eigenvalue weighted by molar-refractivity contribution is -0.118. The van der Waals surface area contributed by atoms with E-state index < -0.39 is 11.8 Å². The molecule has 1 aromatic heterocycles. The van der Waals surface area contributed by atoms with Gasteiger partial charge in [-0.05, 0) is 43.3 Å². The van der Waals surface area contributed by atoms with Crippen molar-refractivity contribution in [2.75, 3.05) is 5.01 Å². The Morgan fingerprint density at radius 3 is 2.82 bits per heavy atom. The molecule has 0 bridgehead atoms. The smallest absolute Gasteiger partial charge is 0.307 e. The van der Waals surface area contributed by atoms with E-state index in [1.165, 1.54) is 11.2 Å². The molecule has 8 heteroatoms. The van der Waals surface area contributed by atoms with Gasteiger partial charge in [0.2, 0.25) is 0 Å². The highest BCUT2D eigenvalue weighted by molar-refractivity contribution is 9.10. The second-order valence-electron chi connectivity index (χ2n) is 6.22. The molecule has 0 spiro atoms. The van der Waals surface area contributed by atoms with Crippen LogP contribution in [0, 0.1) is 5.92 Å². The van der Waals surface area contributed by atoms with Gasteiger partial charge in [-0.2, -0.15) is 15.2 Å². The molecule has 0 aliphatic carbocycles. The number of benzene rings is 2. The fraction of sp³-hybridized carbons (Fsp3) is 0.100. The van der Waals surface area contributed by atoms with Gasteiger partial charge in [0.15, 0.2) is 5.76 Å². The van der Waals surface area contributed by atoms with E-state index in [1.54, 1.807) is 31.2 Å². The Balaban J connectivity index is 1.45. The maximum absolute atomic E-state index is 12.6. The molecular formula is C20H15BrN4O3. The monoisotopic (exact) mass is 438 g/mol. The molecule has 4 rings (SSSR count). The zero-order valence-electron chi connectivity index (χ0n) is 14.8. The third kappa shape index (κ3) is 3.46. The summed E-state index contributed by atoms with van der Waals surface area (Å²) in [6, 6.07) is 16.2. The molecule has 1 aliphatic heterocycles. The number of furan rings is 1. The first-order valence-corrected chi connectivity index (χ1v) is 9.29. The fourth-order valence-electron chi connectivity index (χ4n) is 2.86. The first-order valence-electron chi connectivity index (χ1n) is 8.49.